The zero-order chi connectivity index (χ0) is 14.7. The number of nitrogens with two attached hydrogens (primary N) is 1. The van der Waals surface area contributed by atoms with Crippen molar-refractivity contribution < 1.29 is 0 Å². The smallest absolute Gasteiger partial charge is 0.0834 e. The Balaban J connectivity index is 2.23. The number of nitrogens with zero attached hydrogens (tertiary/aromatic N) is 2. The topological polar surface area (TPSA) is 43.8 Å². The molecular formula is C14H16Cl3N3. The standard InChI is InChI=1S/C14H16Cl3N3/c1-2-5-20-14(12(17)8-19-20)13(18)6-9-3-4-10(15)7-11(9)16/h3-4,7-8,13H,2,5-6,18H2,1H3. The number of hydrogen-bond acceptors (Lipinski definition) is 2. The molecule has 2 aromatic rings. The number of rotatable bonds is 5. The van der Waals surface area contributed by atoms with E-state index in [-0.39, 0.29) is 6.04 Å². The lowest BCUT2D eigenvalue weighted by atomic mass is 10.0. The van der Waals surface area contributed by atoms with Crippen LogP contribution in [0.3, 0.4) is 0 Å². The van der Waals surface area contributed by atoms with Crippen LogP contribution in [0.4, 0.5) is 0 Å². The molecular weight excluding hydrogens is 317 g/mol. The first-order valence-corrected chi connectivity index (χ1v) is 7.57. The van der Waals surface area contributed by atoms with E-state index in [1.807, 2.05) is 10.7 Å². The number of aryl methyl sites for hydroxylation is 1. The molecule has 0 aliphatic rings. The van der Waals surface area contributed by atoms with E-state index >= 15 is 0 Å². The third kappa shape index (κ3) is 3.47. The van der Waals surface area contributed by atoms with Gasteiger partial charge in [-0.25, -0.2) is 0 Å². The van der Waals surface area contributed by atoms with Crippen LogP contribution in [0.1, 0.15) is 30.6 Å². The highest BCUT2D eigenvalue weighted by molar-refractivity contribution is 6.35. The van der Waals surface area contributed by atoms with Gasteiger partial charge in [0, 0.05) is 16.6 Å². The molecule has 0 saturated heterocycles. The van der Waals surface area contributed by atoms with E-state index in [4.69, 9.17) is 40.5 Å². The second-order valence-electron chi connectivity index (χ2n) is 4.65. The maximum Gasteiger partial charge on any atom is 0.0834 e. The zero-order valence-electron chi connectivity index (χ0n) is 11.1. The summed E-state index contributed by atoms with van der Waals surface area (Å²) in [6, 6.07) is 5.16. The van der Waals surface area contributed by atoms with Crippen LogP contribution in [0.5, 0.6) is 0 Å². The third-order valence-corrected chi connectivity index (χ3v) is 3.95. The van der Waals surface area contributed by atoms with Gasteiger partial charge in [-0.3, -0.25) is 4.68 Å². The summed E-state index contributed by atoms with van der Waals surface area (Å²) in [6.07, 6.45) is 3.19. The van der Waals surface area contributed by atoms with Crippen LogP contribution in [-0.4, -0.2) is 9.78 Å². The van der Waals surface area contributed by atoms with Crippen LogP contribution in [-0.2, 0) is 13.0 Å². The van der Waals surface area contributed by atoms with Crippen molar-refractivity contribution in [2.75, 3.05) is 0 Å². The van der Waals surface area contributed by atoms with Crippen molar-refractivity contribution in [2.24, 2.45) is 5.73 Å². The Bertz CT molecular complexity index is 595. The van der Waals surface area contributed by atoms with E-state index < -0.39 is 0 Å². The maximum atomic E-state index is 6.27. The maximum absolute atomic E-state index is 6.27. The summed E-state index contributed by atoms with van der Waals surface area (Å²) in [7, 11) is 0. The van der Waals surface area contributed by atoms with Crippen LogP contribution in [0.2, 0.25) is 15.1 Å². The van der Waals surface area contributed by atoms with Crippen molar-refractivity contribution >= 4 is 34.8 Å². The van der Waals surface area contributed by atoms with Crippen molar-refractivity contribution in [3.8, 4) is 0 Å². The summed E-state index contributed by atoms with van der Waals surface area (Å²) in [5, 5.41) is 6.08. The number of aromatic nitrogens is 2. The van der Waals surface area contributed by atoms with Crippen LogP contribution in [0.15, 0.2) is 24.4 Å². The molecule has 1 heterocycles. The highest BCUT2D eigenvalue weighted by atomic mass is 35.5. The van der Waals surface area contributed by atoms with Gasteiger partial charge in [-0.1, -0.05) is 47.8 Å². The third-order valence-electron chi connectivity index (χ3n) is 3.07. The number of halogens is 3. The molecule has 1 aromatic heterocycles. The summed E-state index contributed by atoms with van der Waals surface area (Å²) < 4.78 is 1.86. The minimum atomic E-state index is -0.254. The summed E-state index contributed by atoms with van der Waals surface area (Å²) in [5.41, 5.74) is 8.07. The predicted octanol–water partition coefficient (Wildman–Crippen LogP) is 4.50. The highest BCUT2D eigenvalue weighted by Gasteiger charge is 2.18. The molecule has 0 aliphatic heterocycles. The molecule has 3 nitrogen and oxygen atoms in total. The molecule has 1 aromatic carbocycles. The van der Waals surface area contributed by atoms with Crippen molar-refractivity contribution in [1.82, 2.24) is 9.78 Å². The lowest BCUT2D eigenvalue weighted by Gasteiger charge is -2.15. The minimum absolute atomic E-state index is 0.254. The molecule has 0 amide bonds. The van der Waals surface area contributed by atoms with Gasteiger partial charge in [0.1, 0.15) is 0 Å². The van der Waals surface area contributed by atoms with Gasteiger partial charge in [-0.05, 0) is 30.5 Å². The largest absolute Gasteiger partial charge is 0.322 e. The minimum Gasteiger partial charge on any atom is -0.322 e. The predicted molar refractivity (Wildman–Crippen MR) is 84.6 cm³/mol. The van der Waals surface area contributed by atoms with Crippen molar-refractivity contribution in [3.63, 3.8) is 0 Å². The van der Waals surface area contributed by atoms with E-state index in [0.717, 1.165) is 24.2 Å². The fraction of sp³-hybridized carbons (Fsp3) is 0.357. The molecule has 0 bridgehead atoms. The zero-order valence-corrected chi connectivity index (χ0v) is 13.4. The molecule has 2 rings (SSSR count). The Hall–Kier alpha value is -0.740. The molecule has 0 aliphatic carbocycles. The molecule has 1 unspecified atom stereocenters. The van der Waals surface area contributed by atoms with E-state index in [9.17, 15) is 0 Å². The number of benzene rings is 1. The summed E-state index contributed by atoms with van der Waals surface area (Å²) in [6.45, 7) is 2.88. The number of hydrogen-bond donors (Lipinski definition) is 1. The quantitative estimate of drug-likeness (QED) is 0.876. The highest BCUT2D eigenvalue weighted by Crippen LogP contribution is 2.28. The first-order valence-electron chi connectivity index (χ1n) is 6.43. The first kappa shape index (κ1) is 15.6. The summed E-state index contributed by atoms with van der Waals surface area (Å²) >= 11 is 18.3. The SMILES string of the molecule is CCCn1ncc(Cl)c1C(N)Cc1ccc(Cl)cc1Cl. The molecule has 0 saturated carbocycles. The van der Waals surface area contributed by atoms with E-state index in [1.165, 1.54) is 0 Å². The first-order chi connectivity index (χ1) is 9.52. The van der Waals surface area contributed by atoms with Crippen molar-refractivity contribution in [3.05, 3.63) is 50.7 Å². The van der Waals surface area contributed by atoms with Gasteiger partial charge in [0.05, 0.1) is 23.0 Å². The fourth-order valence-electron chi connectivity index (χ4n) is 2.15. The monoisotopic (exact) mass is 331 g/mol. The fourth-order valence-corrected chi connectivity index (χ4v) is 2.92. The molecule has 108 valence electrons. The Morgan fingerprint density at radius 2 is 2.00 bits per heavy atom. The van der Waals surface area contributed by atoms with Gasteiger partial charge in [0.25, 0.3) is 0 Å². The lowest BCUT2D eigenvalue weighted by molar-refractivity contribution is 0.538. The molecule has 6 heteroatoms. The van der Waals surface area contributed by atoms with Gasteiger partial charge in [0.15, 0.2) is 0 Å². The van der Waals surface area contributed by atoms with E-state index in [1.54, 1.807) is 18.3 Å². The van der Waals surface area contributed by atoms with Crippen molar-refractivity contribution in [1.29, 1.82) is 0 Å². The molecule has 1 atom stereocenters. The van der Waals surface area contributed by atoms with Crippen LogP contribution in [0, 0.1) is 0 Å². The Morgan fingerprint density at radius 1 is 1.25 bits per heavy atom. The van der Waals surface area contributed by atoms with Crippen LogP contribution in [0.25, 0.3) is 0 Å². The second kappa shape index (κ2) is 6.81. The van der Waals surface area contributed by atoms with Gasteiger partial charge >= 0.3 is 0 Å². The Labute approximate surface area is 133 Å². The van der Waals surface area contributed by atoms with Gasteiger partial charge in [-0.2, -0.15) is 5.10 Å². The molecule has 0 fully saturated rings. The van der Waals surface area contributed by atoms with Crippen LogP contribution < -0.4 is 5.73 Å². The van der Waals surface area contributed by atoms with Gasteiger partial charge < -0.3 is 5.73 Å². The van der Waals surface area contributed by atoms with E-state index in [2.05, 4.69) is 12.0 Å². The Kier molecular flexibility index (Phi) is 5.33. The van der Waals surface area contributed by atoms with Crippen LogP contribution >= 0.6 is 34.8 Å². The summed E-state index contributed by atoms with van der Waals surface area (Å²) in [5.74, 6) is 0. The van der Waals surface area contributed by atoms with Gasteiger partial charge in [-0.15, -0.1) is 0 Å². The molecule has 0 radical (unpaired) electrons. The Morgan fingerprint density at radius 3 is 2.65 bits per heavy atom. The van der Waals surface area contributed by atoms with E-state index in [0.29, 0.717) is 21.5 Å². The molecule has 20 heavy (non-hydrogen) atoms. The van der Waals surface area contributed by atoms with Gasteiger partial charge in [0.2, 0.25) is 0 Å². The lowest BCUT2D eigenvalue weighted by Crippen LogP contribution is -2.19. The average molecular weight is 333 g/mol. The molecule has 2 N–H and O–H groups in total. The summed E-state index contributed by atoms with van der Waals surface area (Å²) in [4.78, 5) is 0. The second-order valence-corrected chi connectivity index (χ2v) is 5.90. The molecule has 0 spiro atoms. The average Bonchev–Trinajstić information content (AvgIpc) is 2.74. The normalized spacial score (nSPS) is 12.7. The van der Waals surface area contributed by atoms with Crippen molar-refractivity contribution in [2.45, 2.75) is 32.4 Å².